The van der Waals surface area contributed by atoms with Crippen LogP contribution in [0.5, 0.6) is 0 Å². The highest BCUT2D eigenvalue weighted by Crippen LogP contribution is 2.26. The SMILES string of the molecule is CS(=O)(=O)c1ccc(CCCCC2CCN(C(=O)OC3CCC3)CC2)cc1. The molecule has 0 unspecified atom stereocenters. The molecule has 0 radical (unpaired) electrons. The number of carbonyl (C=O) groups is 1. The minimum atomic E-state index is -3.11. The zero-order chi connectivity index (χ0) is 19.3. The lowest BCUT2D eigenvalue weighted by Gasteiger charge is -2.34. The predicted octanol–water partition coefficient (Wildman–Crippen LogP) is 4.20. The summed E-state index contributed by atoms with van der Waals surface area (Å²) in [4.78, 5) is 14.3. The van der Waals surface area contributed by atoms with E-state index >= 15 is 0 Å². The van der Waals surface area contributed by atoms with Crippen LogP contribution in [0.3, 0.4) is 0 Å². The molecule has 6 heteroatoms. The molecule has 1 saturated carbocycles. The minimum absolute atomic E-state index is 0.115. The van der Waals surface area contributed by atoms with E-state index in [-0.39, 0.29) is 12.2 Å². The van der Waals surface area contributed by atoms with Crippen LogP contribution in [0.1, 0.15) is 56.9 Å². The van der Waals surface area contributed by atoms with Gasteiger partial charge in [-0.3, -0.25) is 0 Å². The standard InChI is InChI=1S/C21H31NO4S/c1-27(24,25)20-11-9-17(10-12-20)5-2-3-6-18-13-15-22(16-14-18)21(23)26-19-7-4-8-19/h9-12,18-19H,2-8,13-16H2,1H3. The predicted molar refractivity (Wildman–Crippen MR) is 106 cm³/mol. The molecule has 1 aromatic carbocycles. The lowest BCUT2D eigenvalue weighted by Crippen LogP contribution is -2.41. The van der Waals surface area contributed by atoms with E-state index in [0.717, 1.165) is 51.6 Å². The molecule has 2 fully saturated rings. The van der Waals surface area contributed by atoms with Crippen LogP contribution in [0.15, 0.2) is 29.2 Å². The second kappa shape index (κ2) is 9.09. The van der Waals surface area contributed by atoms with Crippen molar-refractivity contribution in [1.29, 1.82) is 0 Å². The zero-order valence-electron chi connectivity index (χ0n) is 16.2. The van der Waals surface area contributed by atoms with E-state index in [4.69, 9.17) is 4.74 Å². The van der Waals surface area contributed by atoms with Crippen molar-refractivity contribution >= 4 is 15.9 Å². The summed E-state index contributed by atoms with van der Waals surface area (Å²) in [6, 6.07) is 7.23. The fourth-order valence-electron chi connectivity index (χ4n) is 3.78. The highest BCUT2D eigenvalue weighted by Gasteiger charge is 2.27. The van der Waals surface area contributed by atoms with Crippen LogP contribution in [0.25, 0.3) is 0 Å². The summed E-state index contributed by atoms with van der Waals surface area (Å²) in [7, 11) is -3.11. The summed E-state index contributed by atoms with van der Waals surface area (Å²) in [6.07, 6.45) is 11.1. The Kier molecular flexibility index (Phi) is 6.79. The highest BCUT2D eigenvalue weighted by atomic mass is 32.2. The van der Waals surface area contributed by atoms with Crippen molar-refractivity contribution in [2.45, 2.75) is 68.8 Å². The molecule has 1 aromatic rings. The van der Waals surface area contributed by atoms with Crippen molar-refractivity contribution in [3.8, 4) is 0 Å². The fraction of sp³-hybridized carbons (Fsp3) is 0.667. The number of nitrogens with zero attached hydrogens (tertiary/aromatic N) is 1. The number of hydrogen-bond acceptors (Lipinski definition) is 4. The first kappa shape index (κ1) is 20.2. The molecule has 1 amide bonds. The molecular weight excluding hydrogens is 362 g/mol. The van der Waals surface area contributed by atoms with Gasteiger partial charge in [0.2, 0.25) is 0 Å². The van der Waals surface area contributed by atoms with Crippen molar-refractivity contribution < 1.29 is 17.9 Å². The maximum absolute atomic E-state index is 12.1. The van der Waals surface area contributed by atoms with Crippen LogP contribution in [-0.4, -0.2) is 44.9 Å². The van der Waals surface area contributed by atoms with E-state index < -0.39 is 9.84 Å². The average molecular weight is 394 g/mol. The number of likely N-dealkylation sites (tertiary alicyclic amines) is 1. The Morgan fingerprint density at radius 3 is 2.30 bits per heavy atom. The van der Waals surface area contributed by atoms with Crippen LogP contribution in [-0.2, 0) is 21.0 Å². The van der Waals surface area contributed by atoms with Crippen LogP contribution in [0.2, 0.25) is 0 Å². The van der Waals surface area contributed by atoms with E-state index in [1.165, 1.54) is 31.1 Å². The Morgan fingerprint density at radius 2 is 1.74 bits per heavy atom. The molecule has 2 aliphatic rings. The third-order valence-electron chi connectivity index (χ3n) is 5.87. The van der Waals surface area contributed by atoms with E-state index in [0.29, 0.717) is 10.8 Å². The van der Waals surface area contributed by atoms with E-state index in [2.05, 4.69) is 0 Å². The number of carbonyl (C=O) groups excluding carboxylic acids is 1. The van der Waals surface area contributed by atoms with Gasteiger partial charge in [0.05, 0.1) is 4.90 Å². The molecule has 0 aromatic heterocycles. The molecule has 27 heavy (non-hydrogen) atoms. The first-order chi connectivity index (χ1) is 12.9. The summed E-state index contributed by atoms with van der Waals surface area (Å²) >= 11 is 0. The van der Waals surface area contributed by atoms with Gasteiger partial charge in [-0.2, -0.15) is 0 Å². The normalized spacial score (nSPS) is 18.9. The van der Waals surface area contributed by atoms with Crippen molar-refractivity contribution in [3.05, 3.63) is 29.8 Å². The maximum atomic E-state index is 12.1. The third-order valence-corrected chi connectivity index (χ3v) is 7.00. The number of piperidine rings is 1. The molecule has 5 nitrogen and oxygen atoms in total. The molecule has 0 N–H and O–H groups in total. The first-order valence-corrected chi connectivity index (χ1v) is 12.1. The van der Waals surface area contributed by atoms with Gasteiger partial charge in [-0.1, -0.05) is 25.0 Å². The van der Waals surface area contributed by atoms with Gasteiger partial charge < -0.3 is 9.64 Å². The molecule has 0 atom stereocenters. The summed E-state index contributed by atoms with van der Waals surface area (Å²) in [5, 5.41) is 0. The van der Waals surface area contributed by atoms with Crippen molar-refractivity contribution in [2.75, 3.05) is 19.3 Å². The average Bonchev–Trinajstić information content (AvgIpc) is 2.62. The molecule has 150 valence electrons. The second-order valence-corrected chi connectivity index (χ2v) is 10.0. The van der Waals surface area contributed by atoms with Crippen molar-refractivity contribution in [3.63, 3.8) is 0 Å². The molecule has 1 saturated heterocycles. The smallest absolute Gasteiger partial charge is 0.410 e. The Morgan fingerprint density at radius 1 is 1.07 bits per heavy atom. The number of sulfone groups is 1. The van der Waals surface area contributed by atoms with Gasteiger partial charge in [-0.25, -0.2) is 13.2 Å². The summed E-state index contributed by atoms with van der Waals surface area (Å²) in [5.41, 5.74) is 1.19. The van der Waals surface area contributed by atoms with Gasteiger partial charge in [0.1, 0.15) is 6.10 Å². The molecule has 1 aliphatic heterocycles. The number of amides is 1. The quantitative estimate of drug-likeness (QED) is 0.651. The number of rotatable bonds is 7. The Labute approximate surface area is 163 Å². The van der Waals surface area contributed by atoms with E-state index in [9.17, 15) is 13.2 Å². The van der Waals surface area contributed by atoms with Crippen molar-refractivity contribution in [1.82, 2.24) is 4.90 Å². The van der Waals surface area contributed by atoms with Crippen molar-refractivity contribution in [2.24, 2.45) is 5.92 Å². The van der Waals surface area contributed by atoms with Crippen LogP contribution in [0, 0.1) is 5.92 Å². The topological polar surface area (TPSA) is 63.7 Å². The molecule has 3 rings (SSSR count). The van der Waals surface area contributed by atoms with E-state index in [1.54, 1.807) is 12.1 Å². The van der Waals surface area contributed by atoms with Gasteiger partial charge >= 0.3 is 6.09 Å². The molecule has 1 aliphatic carbocycles. The first-order valence-electron chi connectivity index (χ1n) is 10.2. The molecule has 1 heterocycles. The Bertz CT molecular complexity index is 717. The van der Waals surface area contributed by atoms with Gasteiger partial charge in [0.25, 0.3) is 0 Å². The highest BCUT2D eigenvalue weighted by molar-refractivity contribution is 7.90. The van der Waals surface area contributed by atoms with Crippen LogP contribution < -0.4 is 0 Å². The number of aryl methyl sites for hydroxylation is 1. The summed E-state index contributed by atoms with van der Waals surface area (Å²) in [6.45, 7) is 1.65. The lowest BCUT2D eigenvalue weighted by atomic mass is 9.91. The number of unbranched alkanes of at least 4 members (excludes halogenated alkanes) is 1. The van der Waals surface area contributed by atoms with E-state index in [1.807, 2.05) is 17.0 Å². The van der Waals surface area contributed by atoms with Gasteiger partial charge in [-0.15, -0.1) is 0 Å². The molecule has 0 bridgehead atoms. The Balaban J connectivity index is 1.30. The number of hydrogen-bond donors (Lipinski definition) is 0. The maximum Gasteiger partial charge on any atom is 0.410 e. The van der Waals surface area contributed by atoms with Gasteiger partial charge in [-0.05, 0) is 68.6 Å². The largest absolute Gasteiger partial charge is 0.446 e. The fourth-order valence-corrected chi connectivity index (χ4v) is 4.41. The third kappa shape index (κ3) is 5.96. The molecular formula is C21H31NO4S. The Hall–Kier alpha value is -1.56. The van der Waals surface area contributed by atoms with Gasteiger partial charge in [0.15, 0.2) is 9.84 Å². The summed E-state index contributed by atoms with van der Waals surface area (Å²) in [5.74, 6) is 0.699. The molecule has 0 spiro atoms. The second-order valence-electron chi connectivity index (χ2n) is 8.03. The zero-order valence-corrected chi connectivity index (χ0v) is 17.0. The van der Waals surface area contributed by atoms with Gasteiger partial charge in [0, 0.05) is 19.3 Å². The number of ether oxygens (including phenoxy) is 1. The van der Waals surface area contributed by atoms with Crippen LogP contribution >= 0.6 is 0 Å². The monoisotopic (exact) mass is 393 g/mol. The minimum Gasteiger partial charge on any atom is -0.446 e. The number of benzene rings is 1. The van der Waals surface area contributed by atoms with Crippen LogP contribution in [0.4, 0.5) is 4.79 Å². The summed E-state index contributed by atoms with van der Waals surface area (Å²) < 4.78 is 28.5. The lowest BCUT2D eigenvalue weighted by molar-refractivity contribution is 0.0202.